The maximum Gasteiger partial charge on any atom is 0.124 e. The van der Waals surface area contributed by atoms with E-state index in [-0.39, 0.29) is 5.82 Å². The summed E-state index contributed by atoms with van der Waals surface area (Å²) in [5, 5.41) is 9.16. The molecule has 1 rings (SSSR count). The van der Waals surface area contributed by atoms with Crippen molar-refractivity contribution in [3.8, 4) is 6.07 Å². The van der Waals surface area contributed by atoms with Crippen molar-refractivity contribution < 1.29 is 4.39 Å². The lowest BCUT2D eigenvalue weighted by molar-refractivity contribution is 0.626. The third kappa shape index (κ3) is 3.73. The van der Waals surface area contributed by atoms with Crippen LogP contribution in [0.25, 0.3) is 0 Å². The van der Waals surface area contributed by atoms with Crippen LogP contribution in [0.1, 0.15) is 18.9 Å². The second kappa shape index (κ2) is 5.99. The standard InChI is InChI=1S/C11H11ClFNS/c1-8(4-5-12)15-11-3-2-10(13)6-9(11)7-14/h2-3,6,8H,4-5H2,1H3. The summed E-state index contributed by atoms with van der Waals surface area (Å²) in [7, 11) is 0. The van der Waals surface area contributed by atoms with Gasteiger partial charge in [-0.2, -0.15) is 5.26 Å². The molecule has 1 atom stereocenters. The zero-order valence-corrected chi connectivity index (χ0v) is 9.91. The summed E-state index contributed by atoms with van der Waals surface area (Å²) in [6, 6.07) is 6.26. The molecule has 1 aromatic carbocycles. The van der Waals surface area contributed by atoms with Gasteiger partial charge < -0.3 is 0 Å². The van der Waals surface area contributed by atoms with Crippen LogP contribution in [0.15, 0.2) is 23.1 Å². The average molecular weight is 244 g/mol. The fourth-order valence-electron chi connectivity index (χ4n) is 1.12. The van der Waals surface area contributed by atoms with E-state index in [4.69, 9.17) is 16.9 Å². The zero-order chi connectivity index (χ0) is 11.3. The smallest absolute Gasteiger partial charge is 0.124 e. The highest BCUT2D eigenvalue weighted by molar-refractivity contribution is 8.00. The highest BCUT2D eigenvalue weighted by Crippen LogP contribution is 2.28. The minimum absolute atomic E-state index is 0.333. The normalized spacial score (nSPS) is 12.1. The predicted octanol–water partition coefficient (Wildman–Crippen LogP) is 3.81. The Hall–Kier alpha value is -0.720. The SMILES string of the molecule is CC(CCCl)Sc1ccc(F)cc1C#N. The molecule has 1 nitrogen and oxygen atoms in total. The number of rotatable bonds is 4. The quantitative estimate of drug-likeness (QED) is 0.593. The summed E-state index contributed by atoms with van der Waals surface area (Å²) in [6.07, 6.45) is 0.870. The Labute approximate surface area is 98.2 Å². The minimum Gasteiger partial charge on any atom is -0.207 e. The number of thioether (sulfide) groups is 1. The van der Waals surface area contributed by atoms with Gasteiger partial charge in [0.15, 0.2) is 0 Å². The average Bonchev–Trinajstić information content (AvgIpc) is 2.21. The van der Waals surface area contributed by atoms with E-state index in [1.54, 1.807) is 17.8 Å². The summed E-state index contributed by atoms with van der Waals surface area (Å²) in [6.45, 7) is 2.04. The molecule has 0 saturated carbocycles. The molecular formula is C11H11ClFNS. The van der Waals surface area contributed by atoms with Crippen LogP contribution in [0, 0.1) is 17.1 Å². The van der Waals surface area contributed by atoms with E-state index in [1.165, 1.54) is 12.1 Å². The molecule has 0 fully saturated rings. The first-order valence-electron chi connectivity index (χ1n) is 4.59. The molecule has 0 heterocycles. The van der Waals surface area contributed by atoms with Gasteiger partial charge in [0, 0.05) is 16.0 Å². The van der Waals surface area contributed by atoms with Gasteiger partial charge in [-0.3, -0.25) is 0 Å². The lowest BCUT2D eigenvalue weighted by atomic mass is 10.2. The summed E-state index contributed by atoms with van der Waals surface area (Å²) >= 11 is 7.18. The van der Waals surface area contributed by atoms with E-state index in [9.17, 15) is 4.39 Å². The molecule has 0 N–H and O–H groups in total. The van der Waals surface area contributed by atoms with Gasteiger partial charge >= 0.3 is 0 Å². The lowest BCUT2D eigenvalue weighted by Gasteiger charge is -2.10. The number of hydrogen-bond donors (Lipinski definition) is 0. The van der Waals surface area contributed by atoms with E-state index in [0.29, 0.717) is 16.7 Å². The first kappa shape index (κ1) is 12.4. The highest BCUT2D eigenvalue weighted by atomic mass is 35.5. The van der Waals surface area contributed by atoms with Crippen LogP contribution in [-0.4, -0.2) is 11.1 Å². The molecule has 0 saturated heterocycles. The molecular weight excluding hydrogens is 233 g/mol. The van der Waals surface area contributed by atoms with E-state index >= 15 is 0 Å². The van der Waals surface area contributed by atoms with Crippen LogP contribution >= 0.6 is 23.4 Å². The topological polar surface area (TPSA) is 23.8 Å². The number of nitrogens with zero attached hydrogens (tertiary/aromatic N) is 1. The van der Waals surface area contributed by atoms with Gasteiger partial charge in [-0.1, -0.05) is 6.92 Å². The van der Waals surface area contributed by atoms with Crippen LogP contribution in [-0.2, 0) is 0 Å². The Morgan fingerprint density at radius 3 is 2.93 bits per heavy atom. The Bertz CT molecular complexity index is 375. The Morgan fingerprint density at radius 2 is 2.33 bits per heavy atom. The number of nitriles is 1. The molecule has 1 unspecified atom stereocenters. The second-order valence-electron chi connectivity index (χ2n) is 3.16. The highest BCUT2D eigenvalue weighted by Gasteiger charge is 2.08. The third-order valence-corrected chi connectivity index (χ3v) is 3.37. The molecule has 0 aliphatic rings. The van der Waals surface area contributed by atoms with Gasteiger partial charge in [-0.05, 0) is 24.6 Å². The van der Waals surface area contributed by atoms with Crippen LogP contribution < -0.4 is 0 Å². The second-order valence-corrected chi connectivity index (χ2v) is 5.02. The Balaban J connectivity index is 2.81. The molecule has 80 valence electrons. The number of benzene rings is 1. The minimum atomic E-state index is -0.374. The predicted molar refractivity (Wildman–Crippen MR) is 61.8 cm³/mol. The molecule has 0 aliphatic carbocycles. The molecule has 15 heavy (non-hydrogen) atoms. The van der Waals surface area contributed by atoms with Crippen molar-refractivity contribution in [2.24, 2.45) is 0 Å². The van der Waals surface area contributed by atoms with Crippen molar-refractivity contribution in [1.82, 2.24) is 0 Å². The molecule has 0 spiro atoms. The fourth-order valence-corrected chi connectivity index (χ4v) is 2.63. The van der Waals surface area contributed by atoms with E-state index in [0.717, 1.165) is 11.3 Å². The summed E-state index contributed by atoms with van der Waals surface area (Å²) in [5.74, 6) is 0.220. The van der Waals surface area contributed by atoms with Gasteiger partial charge in [0.05, 0.1) is 5.56 Å². The van der Waals surface area contributed by atoms with Crippen molar-refractivity contribution in [2.75, 3.05) is 5.88 Å². The number of halogens is 2. The molecule has 0 amide bonds. The molecule has 0 radical (unpaired) electrons. The molecule has 0 bridgehead atoms. The largest absolute Gasteiger partial charge is 0.207 e. The molecule has 0 aliphatic heterocycles. The Kier molecular flexibility index (Phi) is 4.93. The van der Waals surface area contributed by atoms with Gasteiger partial charge in [-0.25, -0.2) is 4.39 Å². The summed E-state index contributed by atoms with van der Waals surface area (Å²) in [4.78, 5) is 0.816. The van der Waals surface area contributed by atoms with Crippen LogP contribution in [0.3, 0.4) is 0 Å². The van der Waals surface area contributed by atoms with Gasteiger partial charge in [0.2, 0.25) is 0 Å². The van der Waals surface area contributed by atoms with Crippen molar-refractivity contribution >= 4 is 23.4 Å². The van der Waals surface area contributed by atoms with Gasteiger partial charge in [0.1, 0.15) is 11.9 Å². The molecule has 0 aromatic heterocycles. The van der Waals surface area contributed by atoms with Gasteiger partial charge in [-0.15, -0.1) is 23.4 Å². The van der Waals surface area contributed by atoms with E-state index in [1.807, 2.05) is 13.0 Å². The number of alkyl halides is 1. The third-order valence-electron chi connectivity index (χ3n) is 1.91. The summed E-state index contributed by atoms with van der Waals surface area (Å²) in [5.41, 5.74) is 0.390. The maximum absolute atomic E-state index is 12.8. The summed E-state index contributed by atoms with van der Waals surface area (Å²) < 4.78 is 12.8. The van der Waals surface area contributed by atoms with Crippen LogP contribution in [0.5, 0.6) is 0 Å². The first-order valence-corrected chi connectivity index (χ1v) is 6.01. The van der Waals surface area contributed by atoms with Crippen molar-refractivity contribution in [1.29, 1.82) is 5.26 Å². The lowest BCUT2D eigenvalue weighted by Crippen LogP contribution is -1.97. The van der Waals surface area contributed by atoms with Gasteiger partial charge in [0.25, 0.3) is 0 Å². The monoisotopic (exact) mass is 243 g/mol. The first-order chi connectivity index (χ1) is 7.17. The number of hydrogen-bond acceptors (Lipinski definition) is 2. The van der Waals surface area contributed by atoms with Crippen LogP contribution in [0.2, 0.25) is 0 Å². The molecule has 4 heteroatoms. The van der Waals surface area contributed by atoms with Crippen molar-refractivity contribution in [2.45, 2.75) is 23.5 Å². The zero-order valence-electron chi connectivity index (χ0n) is 8.34. The van der Waals surface area contributed by atoms with Crippen molar-refractivity contribution in [3.63, 3.8) is 0 Å². The van der Waals surface area contributed by atoms with E-state index < -0.39 is 0 Å². The fraction of sp³-hybridized carbons (Fsp3) is 0.364. The van der Waals surface area contributed by atoms with Crippen molar-refractivity contribution in [3.05, 3.63) is 29.6 Å². The van der Waals surface area contributed by atoms with Crippen LogP contribution in [0.4, 0.5) is 4.39 Å². The van der Waals surface area contributed by atoms with E-state index in [2.05, 4.69) is 0 Å². The maximum atomic E-state index is 12.8. The Morgan fingerprint density at radius 1 is 1.60 bits per heavy atom. The molecule has 1 aromatic rings.